The fraction of sp³-hybridized carbons (Fsp3) is 0.867. The average molecular weight is 280 g/mol. The van der Waals surface area contributed by atoms with Crippen LogP contribution in [0, 0.1) is 17.8 Å². The second-order valence-electron chi connectivity index (χ2n) is 6.72. The smallest absolute Gasteiger partial charge is 0.307 e. The number of aliphatic carboxylic acids is 1. The number of nitrogens with zero attached hydrogens (tertiary/aromatic N) is 2. The number of amides is 1. The molecule has 5 nitrogen and oxygen atoms in total. The highest BCUT2D eigenvalue weighted by Crippen LogP contribution is 2.38. The minimum atomic E-state index is -0.802. The van der Waals surface area contributed by atoms with Crippen molar-refractivity contribution in [2.45, 2.75) is 38.6 Å². The molecule has 1 heterocycles. The van der Waals surface area contributed by atoms with Gasteiger partial charge < -0.3 is 10.0 Å². The molecule has 3 rings (SSSR count). The van der Waals surface area contributed by atoms with E-state index in [0.29, 0.717) is 12.3 Å². The standard InChI is InChI=1S/C15H24N2O3/c1-10-8-12(13(9-10)15(19)20)14(18)17-6-4-16(5-7-17)11-2-3-11/h10-13H,2-9H2,1H3,(H,19,20)/t10?,12-,13+/m0/s1. The van der Waals surface area contributed by atoms with Crippen LogP contribution in [0.3, 0.4) is 0 Å². The van der Waals surface area contributed by atoms with Gasteiger partial charge in [0.2, 0.25) is 5.91 Å². The average Bonchev–Trinajstić information content (AvgIpc) is 3.20. The van der Waals surface area contributed by atoms with Gasteiger partial charge in [0.25, 0.3) is 0 Å². The van der Waals surface area contributed by atoms with Crippen LogP contribution < -0.4 is 0 Å². The van der Waals surface area contributed by atoms with Crippen molar-refractivity contribution in [3.05, 3.63) is 0 Å². The first kappa shape index (κ1) is 13.9. The van der Waals surface area contributed by atoms with Gasteiger partial charge in [-0.05, 0) is 31.6 Å². The highest BCUT2D eigenvalue weighted by Gasteiger charge is 2.43. The Morgan fingerprint density at radius 2 is 1.60 bits per heavy atom. The first-order valence-electron chi connectivity index (χ1n) is 7.82. The quantitative estimate of drug-likeness (QED) is 0.839. The van der Waals surface area contributed by atoms with Crippen molar-refractivity contribution in [2.24, 2.45) is 17.8 Å². The zero-order valence-electron chi connectivity index (χ0n) is 12.1. The molecule has 2 saturated carbocycles. The van der Waals surface area contributed by atoms with Gasteiger partial charge in [-0.2, -0.15) is 0 Å². The number of carbonyl (C=O) groups excluding carboxylic acids is 1. The number of hydrogen-bond donors (Lipinski definition) is 1. The Balaban J connectivity index is 1.59. The predicted octanol–water partition coefficient (Wildman–Crippen LogP) is 1.04. The highest BCUT2D eigenvalue weighted by molar-refractivity contribution is 5.85. The Morgan fingerprint density at radius 3 is 2.15 bits per heavy atom. The Bertz CT molecular complexity index is 400. The molecular formula is C15H24N2O3. The second kappa shape index (κ2) is 5.35. The summed E-state index contributed by atoms with van der Waals surface area (Å²) in [5, 5.41) is 9.29. The van der Waals surface area contributed by atoms with Crippen molar-refractivity contribution in [1.82, 2.24) is 9.80 Å². The summed E-state index contributed by atoms with van der Waals surface area (Å²) in [5.74, 6) is -1.15. The van der Waals surface area contributed by atoms with Gasteiger partial charge in [-0.3, -0.25) is 14.5 Å². The first-order chi connectivity index (χ1) is 9.56. The van der Waals surface area contributed by atoms with Gasteiger partial charge in [0.15, 0.2) is 0 Å². The highest BCUT2D eigenvalue weighted by atomic mass is 16.4. The second-order valence-corrected chi connectivity index (χ2v) is 6.72. The van der Waals surface area contributed by atoms with Gasteiger partial charge in [-0.15, -0.1) is 0 Å². The van der Waals surface area contributed by atoms with E-state index < -0.39 is 11.9 Å². The molecule has 3 fully saturated rings. The summed E-state index contributed by atoms with van der Waals surface area (Å²) in [5.41, 5.74) is 0. The first-order valence-corrected chi connectivity index (χ1v) is 7.82. The maximum atomic E-state index is 12.6. The lowest BCUT2D eigenvalue weighted by molar-refractivity contribution is -0.149. The van der Waals surface area contributed by atoms with E-state index in [4.69, 9.17) is 0 Å². The lowest BCUT2D eigenvalue weighted by Gasteiger charge is -2.36. The molecular weight excluding hydrogens is 256 g/mol. The zero-order chi connectivity index (χ0) is 14.3. The SMILES string of the molecule is CC1C[C@H](C(=O)N2CCN(C3CC3)CC2)[C@H](C(=O)O)C1. The van der Waals surface area contributed by atoms with Crippen LogP contribution in [0.4, 0.5) is 0 Å². The molecule has 5 heteroatoms. The maximum Gasteiger partial charge on any atom is 0.307 e. The Kier molecular flexibility index (Phi) is 3.71. The molecule has 112 valence electrons. The number of carboxylic acids is 1. The lowest BCUT2D eigenvalue weighted by Crippen LogP contribution is -2.51. The molecule has 0 aromatic heterocycles. The molecule has 1 unspecified atom stereocenters. The van der Waals surface area contributed by atoms with E-state index in [2.05, 4.69) is 4.90 Å². The molecule has 3 atom stereocenters. The number of piperazine rings is 1. The molecule has 0 radical (unpaired) electrons. The van der Waals surface area contributed by atoms with Gasteiger partial charge in [0.05, 0.1) is 11.8 Å². The molecule has 1 amide bonds. The van der Waals surface area contributed by atoms with Gasteiger partial charge in [0.1, 0.15) is 0 Å². The molecule has 0 aromatic rings. The fourth-order valence-electron chi connectivity index (χ4n) is 3.82. The molecule has 0 aromatic carbocycles. The summed E-state index contributed by atoms with van der Waals surface area (Å²) in [6.45, 7) is 5.50. The van der Waals surface area contributed by atoms with Gasteiger partial charge in [0, 0.05) is 32.2 Å². The Labute approximate surface area is 119 Å². The molecule has 2 aliphatic carbocycles. The third-order valence-electron chi connectivity index (χ3n) is 5.12. The van der Waals surface area contributed by atoms with E-state index in [1.807, 2.05) is 11.8 Å². The van der Waals surface area contributed by atoms with Crippen molar-refractivity contribution in [3.63, 3.8) is 0 Å². The fourth-order valence-corrected chi connectivity index (χ4v) is 3.82. The van der Waals surface area contributed by atoms with Gasteiger partial charge in [-0.1, -0.05) is 6.92 Å². The lowest BCUT2D eigenvalue weighted by atomic mass is 9.94. The molecule has 0 spiro atoms. The predicted molar refractivity (Wildman–Crippen MR) is 74.2 cm³/mol. The van der Waals surface area contributed by atoms with Crippen LogP contribution >= 0.6 is 0 Å². The van der Waals surface area contributed by atoms with Crippen molar-refractivity contribution < 1.29 is 14.7 Å². The molecule has 20 heavy (non-hydrogen) atoms. The summed E-state index contributed by atoms with van der Waals surface area (Å²) >= 11 is 0. The maximum absolute atomic E-state index is 12.6. The largest absolute Gasteiger partial charge is 0.481 e. The van der Waals surface area contributed by atoms with Crippen LogP contribution in [0.2, 0.25) is 0 Å². The molecule has 3 aliphatic rings. The molecule has 1 N–H and O–H groups in total. The van der Waals surface area contributed by atoms with Crippen molar-refractivity contribution in [2.75, 3.05) is 26.2 Å². The normalized spacial score (nSPS) is 35.2. The third-order valence-corrected chi connectivity index (χ3v) is 5.12. The molecule has 1 saturated heterocycles. The molecule has 0 bridgehead atoms. The van der Waals surface area contributed by atoms with E-state index in [1.54, 1.807) is 0 Å². The monoisotopic (exact) mass is 280 g/mol. The third kappa shape index (κ3) is 2.68. The topological polar surface area (TPSA) is 60.9 Å². The van der Waals surface area contributed by atoms with Crippen LogP contribution in [0.1, 0.15) is 32.6 Å². The zero-order valence-corrected chi connectivity index (χ0v) is 12.1. The number of rotatable bonds is 3. The minimum Gasteiger partial charge on any atom is -0.481 e. The van der Waals surface area contributed by atoms with E-state index in [0.717, 1.165) is 38.6 Å². The Morgan fingerprint density at radius 1 is 1.00 bits per heavy atom. The van der Waals surface area contributed by atoms with E-state index in [9.17, 15) is 14.7 Å². The van der Waals surface area contributed by atoms with Crippen LogP contribution in [-0.4, -0.2) is 59.0 Å². The van der Waals surface area contributed by atoms with E-state index in [-0.39, 0.29) is 11.8 Å². The van der Waals surface area contributed by atoms with E-state index >= 15 is 0 Å². The Hall–Kier alpha value is -1.10. The number of carboxylic acid groups (broad SMARTS) is 1. The summed E-state index contributed by atoms with van der Waals surface area (Å²) in [4.78, 5) is 28.3. The van der Waals surface area contributed by atoms with Crippen molar-refractivity contribution in [1.29, 1.82) is 0 Å². The van der Waals surface area contributed by atoms with Crippen LogP contribution in [-0.2, 0) is 9.59 Å². The number of hydrogen-bond acceptors (Lipinski definition) is 3. The summed E-state index contributed by atoms with van der Waals surface area (Å²) in [6.07, 6.45) is 3.98. The van der Waals surface area contributed by atoms with Crippen molar-refractivity contribution in [3.8, 4) is 0 Å². The van der Waals surface area contributed by atoms with Gasteiger partial charge >= 0.3 is 5.97 Å². The number of carbonyl (C=O) groups is 2. The van der Waals surface area contributed by atoms with Crippen LogP contribution in [0.5, 0.6) is 0 Å². The van der Waals surface area contributed by atoms with Crippen molar-refractivity contribution >= 4 is 11.9 Å². The molecule has 1 aliphatic heterocycles. The minimum absolute atomic E-state index is 0.0807. The van der Waals surface area contributed by atoms with Crippen LogP contribution in [0.25, 0.3) is 0 Å². The van der Waals surface area contributed by atoms with Gasteiger partial charge in [-0.25, -0.2) is 0 Å². The summed E-state index contributed by atoms with van der Waals surface area (Å²) in [6, 6.07) is 0.755. The van der Waals surface area contributed by atoms with Crippen LogP contribution in [0.15, 0.2) is 0 Å². The summed E-state index contributed by atoms with van der Waals surface area (Å²) < 4.78 is 0. The van der Waals surface area contributed by atoms with E-state index in [1.165, 1.54) is 12.8 Å². The summed E-state index contributed by atoms with van der Waals surface area (Å²) in [7, 11) is 0.